The third kappa shape index (κ3) is 5.09. The lowest BCUT2D eigenvalue weighted by Gasteiger charge is -2.12. The fourth-order valence-electron chi connectivity index (χ4n) is 3.25. The van der Waals surface area contributed by atoms with Crippen molar-refractivity contribution >= 4 is 34.3 Å². The van der Waals surface area contributed by atoms with Gasteiger partial charge < -0.3 is 34.6 Å². The maximum absolute atomic E-state index is 12.8. The minimum atomic E-state index is -0.940. The first-order valence-electron chi connectivity index (χ1n) is 10.3. The summed E-state index contributed by atoms with van der Waals surface area (Å²) in [6, 6.07) is 4.84. The van der Waals surface area contributed by atoms with Crippen LogP contribution in [0.4, 0.5) is 11.4 Å². The van der Waals surface area contributed by atoms with Crippen LogP contribution in [0.5, 0.6) is 0 Å². The van der Waals surface area contributed by atoms with Gasteiger partial charge in [0.2, 0.25) is 0 Å². The van der Waals surface area contributed by atoms with Gasteiger partial charge in [-0.05, 0) is 30.5 Å². The minimum Gasteiger partial charge on any atom is -0.464 e. The molecule has 0 bridgehead atoms. The van der Waals surface area contributed by atoms with E-state index in [2.05, 4.69) is 29.5 Å². The number of carbonyl (C=O) groups excluding carboxylic acids is 2. The van der Waals surface area contributed by atoms with Gasteiger partial charge in [-0.25, -0.2) is 9.78 Å². The number of rotatable bonds is 10. The summed E-state index contributed by atoms with van der Waals surface area (Å²) >= 11 is 0. The lowest BCUT2D eigenvalue weighted by Crippen LogP contribution is -2.22. The summed E-state index contributed by atoms with van der Waals surface area (Å²) < 4.78 is 11.9. The molecule has 172 valence electrons. The zero-order chi connectivity index (χ0) is 23.3. The van der Waals surface area contributed by atoms with Crippen LogP contribution >= 0.6 is 0 Å². The van der Waals surface area contributed by atoms with E-state index in [9.17, 15) is 14.7 Å². The Hall–Kier alpha value is -3.37. The summed E-state index contributed by atoms with van der Waals surface area (Å²) in [5, 5.41) is 24.9. The maximum Gasteiger partial charge on any atom is 0.356 e. The number of amides is 1. The number of carbonyl (C=O) groups is 2. The van der Waals surface area contributed by atoms with Crippen molar-refractivity contribution in [3.05, 3.63) is 42.1 Å². The van der Waals surface area contributed by atoms with Gasteiger partial charge in [0.05, 0.1) is 43.7 Å². The molecule has 3 aromatic rings. The molecule has 0 aromatic carbocycles. The molecule has 0 saturated carbocycles. The first-order valence-corrected chi connectivity index (χ1v) is 10.3. The molecule has 0 aliphatic carbocycles. The lowest BCUT2D eigenvalue weighted by atomic mass is 10.1. The first-order chi connectivity index (χ1) is 15.3. The van der Waals surface area contributed by atoms with E-state index in [1.54, 1.807) is 22.9 Å². The van der Waals surface area contributed by atoms with Gasteiger partial charge in [0.15, 0.2) is 11.5 Å². The molecular weight excluding hydrogens is 416 g/mol. The van der Waals surface area contributed by atoms with Crippen LogP contribution in [0.3, 0.4) is 0 Å². The molecule has 4 N–H and O–H groups in total. The normalized spacial score (nSPS) is 12.2. The number of aliphatic hydroxyl groups excluding tert-OH is 2. The van der Waals surface area contributed by atoms with Crippen LogP contribution in [0.1, 0.15) is 41.3 Å². The number of nitrogens with zero attached hydrogens (tertiary/aromatic N) is 2. The number of ether oxygens (including phenoxy) is 1. The van der Waals surface area contributed by atoms with Gasteiger partial charge in [-0.1, -0.05) is 13.8 Å². The van der Waals surface area contributed by atoms with E-state index < -0.39 is 18.0 Å². The van der Waals surface area contributed by atoms with E-state index in [-0.39, 0.29) is 30.3 Å². The standard InChI is InChI=1S/C22H28N4O6/c1-13(2)6-7-26-19(22(30)31-3)18(25-21(29)17-5-4-8-32-17)16-9-14(10-24-20(16)26)23-11-15(28)12-27/h4-5,8-10,13,15,23,27-28H,6-7,11-12H2,1-3H3,(H,25,29)/t15-/m0/s1. The Morgan fingerprint density at radius 2 is 2.12 bits per heavy atom. The number of aryl methyl sites for hydroxylation is 1. The average Bonchev–Trinajstić information content (AvgIpc) is 3.42. The van der Waals surface area contributed by atoms with Crippen molar-refractivity contribution in [1.82, 2.24) is 9.55 Å². The predicted molar refractivity (Wildman–Crippen MR) is 119 cm³/mol. The molecule has 0 aliphatic heterocycles. The van der Waals surface area contributed by atoms with Crippen LogP contribution in [0.15, 0.2) is 35.1 Å². The number of pyridine rings is 1. The van der Waals surface area contributed by atoms with Gasteiger partial charge in [-0.3, -0.25) is 4.79 Å². The van der Waals surface area contributed by atoms with Crippen molar-refractivity contribution in [2.45, 2.75) is 32.9 Å². The van der Waals surface area contributed by atoms with Gasteiger partial charge in [-0.15, -0.1) is 0 Å². The Morgan fingerprint density at radius 1 is 1.34 bits per heavy atom. The van der Waals surface area contributed by atoms with E-state index in [1.807, 2.05) is 0 Å². The number of anilines is 2. The number of fused-ring (bicyclic) bond motifs is 1. The maximum atomic E-state index is 12.8. The largest absolute Gasteiger partial charge is 0.464 e. The molecule has 3 rings (SSSR count). The van der Waals surface area contributed by atoms with E-state index in [4.69, 9.17) is 14.3 Å². The smallest absolute Gasteiger partial charge is 0.356 e. The molecule has 0 spiro atoms. The monoisotopic (exact) mass is 444 g/mol. The predicted octanol–water partition coefficient (Wildman–Crippen LogP) is 2.48. The number of aromatic nitrogens is 2. The SMILES string of the molecule is COC(=O)c1c(NC(=O)c2ccco2)c2cc(NC[C@H](O)CO)cnc2n1CCC(C)C. The molecular formula is C22H28N4O6. The molecule has 1 atom stereocenters. The number of furan rings is 1. The average molecular weight is 444 g/mol. The van der Waals surface area contributed by atoms with Gasteiger partial charge in [-0.2, -0.15) is 0 Å². The second-order valence-electron chi connectivity index (χ2n) is 7.79. The molecule has 0 radical (unpaired) electrons. The molecule has 0 unspecified atom stereocenters. The first kappa shape index (κ1) is 23.3. The number of methoxy groups -OCH3 is 1. The van der Waals surface area contributed by atoms with Crippen molar-refractivity contribution in [2.75, 3.05) is 30.9 Å². The third-order valence-electron chi connectivity index (χ3n) is 4.94. The van der Waals surface area contributed by atoms with Crippen molar-refractivity contribution in [1.29, 1.82) is 0 Å². The zero-order valence-corrected chi connectivity index (χ0v) is 18.3. The third-order valence-corrected chi connectivity index (χ3v) is 4.94. The lowest BCUT2D eigenvalue weighted by molar-refractivity contribution is 0.0589. The molecule has 3 aromatic heterocycles. The van der Waals surface area contributed by atoms with Crippen LogP contribution in [0.2, 0.25) is 0 Å². The van der Waals surface area contributed by atoms with Crippen LogP contribution in [-0.4, -0.2) is 58.0 Å². The highest BCUT2D eigenvalue weighted by Crippen LogP contribution is 2.33. The van der Waals surface area contributed by atoms with Crippen LogP contribution < -0.4 is 10.6 Å². The Kier molecular flexibility index (Phi) is 7.49. The van der Waals surface area contributed by atoms with E-state index in [1.165, 1.54) is 19.4 Å². The molecule has 32 heavy (non-hydrogen) atoms. The topological polar surface area (TPSA) is 139 Å². The number of nitrogens with one attached hydrogen (secondary N) is 2. The summed E-state index contributed by atoms with van der Waals surface area (Å²) in [6.07, 6.45) is 2.80. The summed E-state index contributed by atoms with van der Waals surface area (Å²) in [5.41, 5.74) is 1.50. The zero-order valence-electron chi connectivity index (χ0n) is 18.3. The number of esters is 1. The number of aliphatic hydroxyl groups is 2. The Bertz CT molecular complexity index is 1070. The summed E-state index contributed by atoms with van der Waals surface area (Å²) in [5.74, 6) is -0.652. The van der Waals surface area contributed by atoms with Gasteiger partial charge in [0.1, 0.15) is 5.65 Å². The molecule has 0 aliphatic rings. The minimum absolute atomic E-state index is 0.0946. The molecule has 0 fully saturated rings. The Balaban J connectivity index is 2.12. The second kappa shape index (κ2) is 10.3. The fourth-order valence-corrected chi connectivity index (χ4v) is 3.25. The van der Waals surface area contributed by atoms with Gasteiger partial charge >= 0.3 is 5.97 Å². The van der Waals surface area contributed by atoms with E-state index in [0.717, 1.165) is 6.42 Å². The fraction of sp³-hybridized carbons (Fsp3) is 0.409. The summed E-state index contributed by atoms with van der Waals surface area (Å²) in [6.45, 7) is 4.37. The molecule has 10 nitrogen and oxygen atoms in total. The highest BCUT2D eigenvalue weighted by Gasteiger charge is 2.27. The number of hydrogen-bond donors (Lipinski definition) is 4. The second-order valence-corrected chi connectivity index (χ2v) is 7.79. The molecule has 10 heteroatoms. The van der Waals surface area contributed by atoms with Crippen molar-refractivity contribution in [3.8, 4) is 0 Å². The molecule has 3 heterocycles. The van der Waals surface area contributed by atoms with Gasteiger partial charge in [0, 0.05) is 18.5 Å². The van der Waals surface area contributed by atoms with Crippen LogP contribution in [0.25, 0.3) is 11.0 Å². The molecule has 1 amide bonds. The van der Waals surface area contributed by atoms with Crippen molar-refractivity contribution in [3.63, 3.8) is 0 Å². The van der Waals surface area contributed by atoms with Crippen molar-refractivity contribution < 1.29 is 29.0 Å². The van der Waals surface area contributed by atoms with Gasteiger partial charge in [0.25, 0.3) is 5.91 Å². The quantitative estimate of drug-likeness (QED) is 0.350. The number of hydrogen-bond acceptors (Lipinski definition) is 8. The van der Waals surface area contributed by atoms with E-state index in [0.29, 0.717) is 29.2 Å². The Morgan fingerprint density at radius 3 is 2.75 bits per heavy atom. The molecule has 0 saturated heterocycles. The highest BCUT2D eigenvalue weighted by atomic mass is 16.5. The summed E-state index contributed by atoms with van der Waals surface area (Å²) in [7, 11) is 1.28. The van der Waals surface area contributed by atoms with Crippen molar-refractivity contribution in [2.24, 2.45) is 5.92 Å². The van der Waals surface area contributed by atoms with Crippen LogP contribution in [-0.2, 0) is 11.3 Å². The summed E-state index contributed by atoms with van der Waals surface area (Å²) in [4.78, 5) is 30.0. The highest BCUT2D eigenvalue weighted by molar-refractivity contribution is 6.14. The Labute approximate surface area is 185 Å². The van der Waals surface area contributed by atoms with E-state index >= 15 is 0 Å². The van der Waals surface area contributed by atoms with Crippen LogP contribution in [0, 0.1) is 5.92 Å².